The molecule has 2 nitrogen and oxygen atoms in total. The minimum absolute atomic E-state index is 0.0243. The van der Waals surface area contributed by atoms with Gasteiger partial charge in [-0.3, -0.25) is 0 Å². The van der Waals surface area contributed by atoms with E-state index in [1.54, 1.807) is 0 Å². The molecule has 1 aliphatic rings. The molecule has 0 aromatic rings. The van der Waals surface area contributed by atoms with Crippen molar-refractivity contribution in [2.75, 3.05) is 0 Å². The predicted octanol–water partition coefficient (Wildman–Crippen LogP) is 2.54. The van der Waals surface area contributed by atoms with Gasteiger partial charge in [-0.25, -0.2) is 0 Å². The minimum atomic E-state index is -1.58. The zero-order valence-corrected chi connectivity index (χ0v) is 10.1. The second kappa shape index (κ2) is 3.21. The van der Waals surface area contributed by atoms with Crippen LogP contribution in [0.3, 0.4) is 0 Å². The molecule has 2 atom stereocenters. The van der Waals surface area contributed by atoms with Crippen molar-refractivity contribution in [2.45, 2.75) is 59.7 Å². The van der Waals surface area contributed by atoms with Crippen LogP contribution in [0.4, 0.5) is 0 Å². The van der Waals surface area contributed by atoms with Crippen LogP contribution in [0.1, 0.15) is 53.9 Å². The lowest BCUT2D eigenvalue weighted by molar-refractivity contribution is -0.276. The maximum atomic E-state index is 9.91. The molecule has 0 bridgehead atoms. The first-order valence-electron chi connectivity index (χ1n) is 5.58. The Hall–Kier alpha value is -0.0800. The van der Waals surface area contributed by atoms with Crippen LogP contribution in [0.15, 0.2) is 0 Å². The first kappa shape index (κ1) is 12.0. The fraction of sp³-hybridized carbons (Fsp3) is 1.00. The molecule has 0 spiro atoms. The third kappa shape index (κ3) is 1.49. The second-order valence-electron chi connectivity index (χ2n) is 5.87. The summed E-state index contributed by atoms with van der Waals surface area (Å²) in [5.74, 6) is -1.04. The first-order valence-corrected chi connectivity index (χ1v) is 5.58. The van der Waals surface area contributed by atoms with Crippen molar-refractivity contribution in [3.05, 3.63) is 0 Å². The van der Waals surface area contributed by atoms with Crippen molar-refractivity contribution in [1.82, 2.24) is 0 Å². The molecule has 0 aromatic carbocycles. The fourth-order valence-electron chi connectivity index (χ4n) is 2.84. The average molecular weight is 200 g/mol. The lowest BCUT2D eigenvalue weighted by Crippen LogP contribution is -2.56. The third-order valence-electron chi connectivity index (χ3n) is 5.01. The highest BCUT2D eigenvalue weighted by Crippen LogP contribution is 2.57. The van der Waals surface area contributed by atoms with Gasteiger partial charge in [0, 0.05) is 5.41 Å². The van der Waals surface area contributed by atoms with Gasteiger partial charge in [-0.1, -0.05) is 40.5 Å². The van der Waals surface area contributed by atoms with Gasteiger partial charge in [0.2, 0.25) is 0 Å². The highest BCUT2D eigenvalue weighted by atomic mass is 16.5. The Bertz CT molecular complexity index is 215. The molecule has 1 fully saturated rings. The van der Waals surface area contributed by atoms with Crippen LogP contribution >= 0.6 is 0 Å². The highest BCUT2D eigenvalue weighted by Gasteiger charge is 2.55. The molecule has 0 radical (unpaired) electrons. The standard InChI is InChI=1S/C12H24O2/c1-9-7-6-8-11(4,10(9,2)3)12(5,13)14/h9,13-14H,6-8H2,1-5H3. The van der Waals surface area contributed by atoms with E-state index in [2.05, 4.69) is 20.8 Å². The summed E-state index contributed by atoms with van der Waals surface area (Å²) in [7, 11) is 0. The molecule has 0 saturated heterocycles. The maximum absolute atomic E-state index is 9.91. The van der Waals surface area contributed by atoms with Gasteiger partial charge in [0.05, 0.1) is 0 Å². The average Bonchev–Trinajstić information content (AvgIpc) is 1.98. The number of hydrogen-bond donors (Lipinski definition) is 2. The van der Waals surface area contributed by atoms with Crippen molar-refractivity contribution in [1.29, 1.82) is 0 Å². The monoisotopic (exact) mass is 200 g/mol. The lowest BCUT2D eigenvalue weighted by atomic mass is 9.51. The molecule has 2 unspecified atom stereocenters. The van der Waals surface area contributed by atoms with E-state index in [-0.39, 0.29) is 5.41 Å². The van der Waals surface area contributed by atoms with E-state index >= 15 is 0 Å². The molecular weight excluding hydrogens is 176 g/mol. The molecule has 0 aliphatic heterocycles. The fourth-order valence-corrected chi connectivity index (χ4v) is 2.84. The smallest absolute Gasteiger partial charge is 0.165 e. The highest BCUT2D eigenvalue weighted by molar-refractivity contribution is 5.01. The van der Waals surface area contributed by atoms with Crippen LogP contribution in [0, 0.1) is 16.7 Å². The van der Waals surface area contributed by atoms with E-state index in [0.29, 0.717) is 5.92 Å². The Morgan fingerprint density at radius 2 is 1.71 bits per heavy atom. The van der Waals surface area contributed by atoms with Crippen LogP contribution < -0.4 is 0 Å². The summed E-state index contributed by atoms with van der Waals surface area (Å²) in [4.78, 5) is 0. The Kier molecular flexibility index (Phi) is 2.75. The van der Waals surface area contributed by atoms with Crippen LogP contribution in [0.25, 0.3) is 0 Å². The van der Waals surface area contributed by atoms with Crippen molar-refractivity contribution in [3.8, 4) is 0 Å². The van der Waals surface area contributed by atoms with Crippen molar-refractivity contribution in [2.24, 2.45) is 16.7 Å². The van der Waals surface area contributed by atoms with Gasteiger partial charge in [-0.2, -0.15) is 0 Å². The lowest BCUT2D eigenvalue weighted by Gasteiger charge is -2.56. The van der Waals surface area contributed by atoms with Crippen molar-refractivity contribution >= 4 is 0 Å². The van der Waals surface area contributed by atoms with Gasteiger partial charge in [0.25, 0.3) is 0 Å². The normalized spacial score (nSPS) is 38.4. The number of rotatable bonds is 1. The van der Waals surface area contributed by atoms with Gasteiger partial charge >= 0.3 is 0 Å². The molecule has 1 rings (SSSR count). The van der Waals surface area contributed by atoms with Crippen LogP contribution in [0.2, 0.25) is 0 Å². The Labute approximate surface area is 87.3 Å². The van der Waals surface area contributed by atoms with E-state index in [9.17, 15) is 10.2 Å². The maximum Gasteiger partial charge on any atom is 0.165 e. The molecule has 84 valence electrons. The third-order valence-corrected chi connectivity index (χ3v) is 5.01. The molecular formula is C12H24O2. The van der Waals surface area contributed by atoms with E-state index in [0.717, 1.165) is 12.8 Å². The SMILES string of the molecule is CC1CCCC(C)(C(C)(O)O)C1(C)C. The largest absolute Gasteiger partial charge is 0.365 e. The zero-order chi connectivity index (χ0) is 11.2. The Balaban J connectivity index is 3.07. The molecule has 0 amide bonds. The van der Waals surface area contributed by atoms with Crippen LogP contribution in [-0.4, -0.2) is 16.0 Å². The van der Waals surface area contributed by atoms with Crippen LogP contribution in [-0.2, 0) is 0 Å². The van der Waals surface area contributed by atoms with Gasteiger partial charge in [-0.05, 0) is 24.7 Å². The Morgan fingerprint density at radius 3 is 2.07 bits per heavy atom. The van der Waals surface area contributed by atoms with Crippen molar-refractivity contribution < 1.29 is 10.2 Å². The van der Waals surface area contributed by atoms with Gasteiger partial charge in [0.1, 0.15) is 0 Å². The summed E-state index contributed by atoms with van der Waals surface area (Å²) >= 11 is 0. The molecule has 2 heteroatoms. The summed E-state index contributed by atoms with van der Waals surface area (Å²) in [6, 6.07) is 0. The summed E-state index contributed by atoms with van der Waals surface area (Å²) < 4.78 is 0. The second-order valence-corrected chi connectivity index (χ2v) is 5.87. The van der Waals surface area contributed by atoms with E-state index in [1.807, 2.05) is 6.92 Å². The topological polar surface area (TPSA) is 40.5 Å². The van der Waals surface area contributed by atoms with Gasteiger partial charge in [-0.15, -0.1) is 0 Å². The summed E-state index contributed by atoms with van der Waals surface area (Å²) in [5.41, 5.74) is -0.429. The van der Waals surface area contributed by atoms with Gasteiger partial charge in [0.15, 0.2) is 5.79 Å². The molecule has 0 heterocycles. The summed E-state index contributed by atoms with van der Waals surface area (Å²) in [6.07, 6.45) is 3.18. The van der Waals surface area contributed by atoms with Crippen molar-refractivity contribution in [3.63, 3.8) is 0 Å². The molecule has 14 heavy (non-hydrogen) atoms. The first-order chi connectivity index (χ1) is 6.13. The van der Waals surface area contributed by atoms with Crippen LogP contribution in [0.5, 0.6) is 0 Å². The minimum Gasteiger partial charge on any atom is -0.365 e. The van der Waals surface area contributed by atoms with E-state index in [4.69, 9.17) is 0 Å². The van der Waals surface area contributed by atoms with E-state index < -0.39 is 11.2 Å². The molecule has 1 saturated carbocycles. The molecule has 0 aromatic heterocycles. The number of aliphatic hydroxyl groups is 2. The molecule has 2 N–H and O–H groups in total. The Morgan fingerprint density at radius 1 is 1.21 bits per heavy atom. The summed E-state index contributed by atoms with van der Waals surface area (Å²) in [5, 5.41) is 19.8. The zero-order valence-electron chi connectivity index (χ0n) is 10.1. The van der Waals surface area contributed by atoms with E-state index in [1.165, 1.54) is 13.3 Å². The summed E-state index contributed by atoms with van der Waals surface area (Å²) in [6.45, 7) is 10.0. The number of hydrogen-bond acceptors (Lipinski definition) is 2. The molecule has 1 aliphatic carbocycles. The van der Waals surface area contributed by atoms with Gasteiger partial charge < -0.3 is 10.2 Å². The predicted molar refractivity (Wildman–Crippen MR) is 57.7 cm³/mol. The quantitative estimate of drug-likeness (QED) is 0.639.